The minimum absolute atomic E-state index is 0.0507. The normalized spacial score (nSPS) is 15.3. The first kappa shape index (κ1) is 14.3. The maximum atomic E-state index is 12.5. The molecule has 1 N–H and O–H groups in total. The molecule has 0 spiro atoms. The van der Waals surface area contributed by atoms with Crippen molar-refractivity contribution in [3.05, 3.63) is 46.5 Å². The fourth-order valence-corrected chi connectivity index (χ4v) is 3.91. The summed E-state index contributed by atoms with van der Waals surface area (Å²) in [5.41, 5.74) is 2.26. The molecule has 110 valence electrons. The molecule has 4 heteroatoms. The molecule has 1 aromatic heterocycles. The van der Waals surface area contributed by atoms with E-state index in [-0.39, 0.29) is 11.8 Å². The van der Waals surface area contributed by atoms with Gasteiger partial charge in [-0.1, -0.05) is 37.3 Å². The van der Waals surface area contributed by atoms with Crippen molar-refractivity contribution < 1.29 is 4.79 Å². The number of carbonyl (C=O) groups excluding carboxylic acids is 1. The lowest BCUT2D eigenvalue weighted by Crippen LogP contribution is -2.20. The number of fused-ring (bicyclic) bond motifs is 1. The van der Waals surface area contributed by atoms with E-state index >= 15 is 0 Å². The van der Waals surface area contributed by atoms with Crippen LogP contribution in [0.3, 0.4) is 0 Å². The summed E-state index contributed by atoms with van der Waals surface area (Å²) in [6.07, 6.45) is 5.41. The first-order valence-electron chi connectivity index (χ1n) is 7.62. The molecule has 0 radical (unpaired) electrons. The topological polar surface area (TPSA) is 42.0 Å². The number of amides is 1. The van der Waals surface area contributed by atoms with Crippen LogP contribution in [-0.4, -0.2) is 10.9 Å². The van der Waals surface area contributed by atoms with Gasteiger partial charge in [-0.25, -0.2) is 4.98 Å². The lowest BCUT2D eigenvalue weighted by atomic mass is 9.96. The summed E-state index contributed by atoms with van der Waals surface area (Å²) in [4.78, 5) is 18.5. The van der Waals surface area contributed by atoms with Gasteiger partial charge in [0.05, 0.1) is 11.6 Å². The van der Waals surface area contributed by atoms with Gasteiger partial charge < -0.3 is 5.32 Å². The molecule has 0 fully saturated rings. The Bertz CT molecular complexity index is 597. The van der Waals surface area contributed by atoms with Crippen molar-refractivity contribution in [1.82, 2.24) is 4.98 Å². The molecule has 3 rings (SSSR count). The maximum Gasteiger partial charge on any atom is 0.233 e. The first-order chi connectivity index (χ1) is 10.3. The number of hydrogen-bond acceptors (Lipinski definition) is 3. The van der Waals surface area contributed by atoms with Gasteiger partial charge in [-0.3, -0.25) is 4.79 Å². The number of nitrogens with zero attached hydrogens (tertiary/aromatic N) is 1. The van der Waals surface area contributed by atoms with E-state index in [1.54, 1.807) is 11.3 Å². The number of aryl methyl sites for hydroxylation is 2. The molecule has 1 atom stereocenters. The predicted molar refractivity (Wildman–Crippen MR) is 86.9 cm³/mol. The Morgan fingerprint density at radius 2 is 2.05 bits per heavy atom. The van der Waals surface area contributed by atoms with Gasteiger partial charge in [0.2, 0.25) is 5.91 Å². The molecule has 1 aromatic carbocycles. The summed E-state index contributed by atoms with van der Waals surface area (Å²) in [6, 6.07) is 9.96. The molecule has 1 heterocycles. The van der Waals surface area contributed by atoms with Gasteiger partial charge in [0, 0.05) is 4.88 Å². The Morgan fingerprint density at radius 3 is 2.76 bits per heavy atom. The van der Waals surface area contributed by atoms with Gasteiger partial charge >= 0.3 is 0 Å². The highest BCUT2D eigenvalue weighted by Crippen LogP contribution is 2.30. The number of thiazole rings is 1. The van der Waals surface area contributed by atoms with Crippen LogP contribution in [0.15, 0.2) is 30.3 Å². The van der Waals surface area contributed by atoms with Crippen molar-refractivity contribution >= 4 is 22.4 Å². The number of rotatable bonds is 4. The number of hydrogen-bond donors (Lipinski definition) is 1. The van der Waals surface area contributed by atoms with Crippen LogP contribution in [0, 0.1) is 0 Å². The standard InChI is InChI=1S/C17H20N2OS/c1-2-13(12-8-4-3-5-9-12)16(20)19-17-18-14-10-6-7-11-15(14)21-17/h3-5,8-9,13H,2,6-7,10-11H2,1H3,(H,18,19,20)/t13-/m1/s1. The molecule has 2 aromatic rings. The quantitative estimate of drug-likeness (QED) is 0.921. The van der Waals surface area contributed by atoms with Gasteiger partial charge in [-0.05, 0) is 37.7 Å². The Balaban J connectivity index is 1.74. The molecular formula is C17H20N2OS. The molecule has 0 saturated heterocycles. The number of benzene rings is 1. The smallest absolute Gasteiger partial charge is 0.233 e. The molecule has 1 aliphatic carbocycles. The zero-order chi connectivity index (χ0) is 14.7. The van der Waals surface area contributed by atoms with Crippen LogP contribution in [0.5, 0.6) is 0 Å². The minimum atomic E-state index is -0.105. The van der Waals surface area contributed by atoms with E-state index in [9.17, 15) is 4.79 Å². The molecule has 0 bridgehead atoms. The van der Waals surface area contributed by atoms with Crippen LogP contribution in [0.4, 0.5) is 5.13 Å². The van der Waals surface area contributed by atoms with E-state index in [0.29, 0.717) is 0 Å². The summed E-state index contributed by atoms with van der Waals surface area (Å²) in [5.74, 6) is -0.0538. The van der Waals surface area contributed by atoms with E-state index in [0.717, 1.165) is 30.0 Å². The van der Waals surface area contributed by atoms with Crippen LogP contribution in [-0.2, 0) is 17.6 Å². The third-order valence-corrected chi connectivity index (χ3v) is 5.08. The highest BCUT2D eigenvalue weighted by molar-refractivity contribution is 7.15. The average Bonchev–Trinajstić information content (AvgIpc) is 2.91. The van der Waals surface area contributed by atoms with Crippen LogP contribution in [0.1, 0.15) is 48.2 Å². The van der Waals surface area contributed by atoms with Crippen molar-refractivity contribution in [2.24, 2.45) is 0 Å². The highest BCUT2D eigenvalue weighted by atomic mass is 32.1. The van der Waals surface area contributed by atoms with Gasteiger partial charge in [0.25, 0.3) is 0 Å². The van der Waals surface area contributed by atoms with E-state index in [1.165, 1.54) is 23.4 Å². The fourth-order valence-electron chi connectivity index (χ4n) is 2.86. The van der Waals surface area contributed by atoms with Crippen LogP contribution < -0.4 is 5.32 Å². The van der Waals surface area contributed by atoms with Crippen molar-refractivity contribution in [3.63, 3.8) is 0 Å². The summed E-state index contributed by atoms with van der Waals surface area (Å²) >= 11 is 1.64. The van der Waals surface area contributed by atoms with E-state index in [4.69, 9.17) is 0 Å². The van der Waals surface area contributed by atoms with Gasteiger partial charge in [0.15, 0.2) is 5.13 Å². The van der Waals surface area contributed by atoms with Gasteiger partial charge in [-0.2, -0.15) is 0 Å². The molecule has 21 heavy (non-hydrogen) atoms. The summed E-state index contributed by atoms with van der Waals surface area (Å²) < 4.78 is 0. The minimum Gasteiger partial charge on any atom is -0.301 e. The fraction of sp³-hybridized carbons (Fsp3) is 0.412. The van der Waals surface area contributed by atoms with E-state index < -0.39 is 0 Å². The number of carbonyl (C=O) groups is 1. The molecule has 0 aliphatic heterocycles. The second kappa shape index (κ2) is 6.39. The van der Waals surface area contributed by atoms with E-state index in [1.807, 2.05) is 37.3 Å². The lowest BCUT2D eigenvalue weighted by Gasteiger charge is -2.14. The molecule has 1 amide bonds. The van der Waals surface area contributed by atoms with Crippen LogP contribution in [0.25, 0.3) is 0 Å². The highest BCUT2D eigenvalue weighted by Gasteiger charge is 2.21. The molecule has 0 unspecified atom stereocenters. The zero-order valence-electron chi connectivity index (χ0n) is 12.3. The molecular weight excluding hydrogens is 280 g/mol. The summed E-state index contributed by atoms with van der Waals surface area (Å²) in [5, 5.41) is 3.78. The Morgan fingerprint density at radius 1 is 1.29 bits per heavy atom. The van der Waals surface area contributed by atoms with Crippen LogP contribution in [0.2, 0.25) is 0 Å². The predicted octanol–water partition coefficient (Wildman–Crippen LogP) is 4.15. The van der Waals surface area contributed by atoms with Crippen LogP contribution >= 0.6 is 11.3 Å². The monoisotopic (exact) mass is 300 g/mol. The van der Waals surface area contributed by atoms with Crippen molar-refractivity contribution in [2.45, 2.75) is 44.9 Å². The molecule has 0 saturated carbocycles. The van der Waals surface area contributed by atoms with Gasteiger partial charge in [0.1, 0.15) is 0 Å². The van der Waals surface area contributed by atoms with Gasteiger partial charge in [-0.15, -0.1) is 11.3 Å². The van der Waals surface area contributed by atoms with Crippen molar-refractivity contribution in [2.75, 3.05) is 5.32 Å². The molecule has 3 nitrogen and oxygen atoms in total. The summed E-state index contributed by atoms with van der Waals surface area (Å²) in [7, 11) is 0. The second-order valence-corrected chi connectivity index (χ2v) is 6.54. The lowest BCUT2D eigenvalue weighted by molar-refractivity contribution is -0.117. The third kappa shape index (κ3) is 3.16. The summed E-state index contributed by atoms with van der Waals surface area (Å²) in [6.45, 7) is 2.05. The first-order valence-corrected chi connectivity index (χ1v) is 8.44. The Hall–Kier alpha value is -1.68. The number of anilines is 1. The maximum absolute atomic E-state index is 12.5. The number of nitrogens with one attached hydrogen (secondary N) is 1. The number of aromatic nitrogens is 1. The van der Waals surface area contributed by atoms with Crippen molar-refractivity contribution in [3.8, 4) is 0 Å². The average molecular weight is 300 g/mol. The van der Waals surface area contributed by atoms with E-state index in [2.05, 4.69) is 10.3 Å². The second-order valence-electron chi connectivity index (χ2n) is 5.46. The SMILES string of the molecule is CC[C@@H](C(=O)Nc1nc2c(s1)CCCC2)c1ccccc1. The van der Waals surface area contributed by atoms with Crippen molar-refractivity contribution in [1.29, 1.82) is 0 Å². The molecule has 1 aliphatic rings. The Kier molecular flexibility index (Phi) is 4.34. The largest absolute Gasteiger partial charge is 0.301 e. The third-order valence-electron chi connectivity index (χ3n) is 4.00. The Labute approximate surface area is 129 Å². The zero-order valence-corrected chi connectivity index (χ0v) is 13.1.